The number of hydrogen-bond donors (Lipinski definition) is 1. The van der Waals surface area contributed by atoms with Crippen molar-refractivity contribution in [2.45, 2.75) is 19.9 Å². The van der Waals surface area contributed by atoms with Crippen molar-refractivity contribution >= 4 is 11.8 Å². The summed E-state index contributed by atoms with van der Waals surface area (Å²) in [5.74, 6) is 1.91. The van der Waals surface area contributed by atoms with Crippen LogP contribution >= 0.6 is 11.8 Å². The van der Waals surface area contributed by atoms with E-state index in [1.807, 2.05) is 28.9 Å². The van der Waals surface area contributed by atoms with E-state index in [-0.39, 0.29) is 0 Å². The van der Waals surface area contributed by atoms with Crippen LogP contribution in [0.4, 0.5) is 0 Å². The third-order valence-electron chi connectivity index (χ3n) is 3.42. The smallest absolute Gasteiger partial charge is 0.0991 e. The summed E-state index contributed by atoms with van der Waals surface area (Å²) >= 11 is 1.91. The predicted molar refractivity (Wildman–Crippen MR) is 87.5 cm³/mol. The van der Waals surface area contributed by atoms with Gasteiger partial charge in [0, 0.05) is 24.1 Å². The van der Waals surface area contributed by atoms with Crippen molar-refractivity contribution in [1.29, 1.82) is 0 Å². The number of nitrogens with zero attached hydrogens (tertiary/aromatic N) is 2. The van der Waals surface area contributed by atoms with Crippen LogP contribution in [0, 0.1) is 5.92 Å². The predicted octanol–water partition coefficient (Wildman–Crippen LogP) is 3.52. The molecule has 0 aliphatic carbocycles. The molecule has 1 heterocycles. The van der Waals surface area contributed by atoms with Gasteiger partial charge in [-0.2, -0.15) is 11.8 Å². The second kappa shape index (κ2) is 7.50. The van der Waals surface area contributed by atoms with Crippen LogP contribution in [-0.4, -0.2) is 28.1 Å². The average molecular weight is 289 g/mol. The molecule has 2 unspecified atom stereocenters. The van der Waals surface area contributed by atoms with E-state index in [2.05, 4.69) is 54.7 Å². The van der Waals surface area contributed by atoms with Gasteiger partial charge in [0.1, 0.15) is 0 Å². The van der Waals surface area contributed by atoms with Crippen LogP contribution in [0.2, 0.25) is 0 Å². The number of hydrogen-bond acceptors (Lipinski definition) is 3. The molecule has 0 saturated heterocycles. The van der Waals surface area contributed by atoms with Crippen molar-refractivity contribution in [1.82, 2.24) is 14.9 Å². The van der Waals surface area contributed by atoms with Gasteiger partial charge in [-0.15, -0.1) is 0 Å². The number of aromatic nitrogens is 2. The molecule has 2 aromatic rings. The number of imidazole rings is 1. The molecule has 3 nitrogen and oxygen atoms in total. The van der Waals surface area contributed by atoms with Crippen molar-refractivity contribution < 1.29 is 0 Å². The molecule has 0 bridgehead atoms. The molecule has 1 aromatic carbocycles. The lowest BCUT2D eigenvalue weighted by Gasteiger charge is -2.18. The highest BCUT2D eigenvalue weighted by Gasteiger charge is 2.07. The SMILES string of the molecule is CSCC(C)CNC(C)c1ccc(-n2ccnc2)cc1. The fraction of sp³-hybridized carbons (Fsp3) is 0.438. The maximum Gasteiger partial charge on any atom is 0.0991 e. The Hall–Kier alpha value is -1.26. The van der Waals surface area contributed by atoms with Crippen LogP contribution in [0.5, 0.6) is 0 Å². The maximum atomic E-state index is 4.07. The van der Waals surface area contributed by atoms with Crippen molar-refractivity contribution in [2.24, 2.45) is 5.92 Å². The highest BCUT2D eigenvalue weighted by atomic mass is 32.2. The molecule has 0 aliphatic heterocycles. The fourth-order valence-electron chi connectivity index (χ4n) is 2.19. The Labute approximate surface area is 125 Å². The van der Waals surface area contributed by atoms with Gasteiger partial charge in [0.2, 0.25) is 0 Å². The Morgan fingerprint density at radius 3 is 2.60 bits per heavy atom. The molecule has 2 atom stereocenters. The molecule has 0 saturated carbocycles. The summed E-state index contributed by atoms with van der Waals surface area (Å²) in [4.78, 5) is 4.07. The van der Waals surface area contributed by atoms with Crippen molar-refractivity contribution in [2.75, 3.05) is 18.6 Å². The number of rotatable bonds is 7. The highest BCUT2D eigenvalue weighted by Crippen LogP contribution is 2.16. The lowest BCUT2D eigenvalue weighted by Crippen LogP contribution is -2.25. The van der Waals surface area contributed by atoms with Gasteiger partial charge in [-0.05, 0) is 49.1 Å². The lowest BCUT2D eigenvalue weighted by molar-refractivity contribution is 0.501. The van der Waals surface area contributed by atoms with E-state index in [1.165, 1.54) is 11.3 Å². The summed E-state index contributed by atoms with van der Waals surface area (Å²) in [5.41, 5.74) is 2.47. The molecular formula is C16H23N3S. The molecule has 0 amide bonds. The van der Waals surface area contributed by atoms with Gasteiger partial charge in [0.25, 0.3) is 0 Å². The summed E-state index contributed by atoms with van der Waals surface area (Å²) in [6, 6.07) is 9.04. The summed E-state index contributed by atoms with van der Waals surface area (Å²) < 4.78 is 2.02. The second-order valence-corrected chi connectivity index (χ2v) is 6.16. The van der Waals surface area contributed by atoms with Gasteiger partial charge < -0.3 is 9.88 Å². The number of thioether (sulfide) groups is 1. The molecule has 0 radical (unpaired) electrons. The molecule has 0 spiro atoms. The van der Waals surface area contributed by atoms with Gasteiger partial charge in [-0.25, -0.2) is 4.98 Å². The molecule has 0 aliphatic rings. The quantitative estimate of drug-likeness (QED) is 0.846. The van der Waals surface area contributed by atoms with Gasteiger partial charge in [0.05, 0.1) is 6.33 Å². The molecule has 108 valence electrons. The Bertz CT molecular complexity index is 493. The third kappa shape index (κ3) is 4.12. The van der Waals surface area contributed by atoms with Crippen LogP contribution in [0.3, 0.4) is 0 Å². The molecule has 1 aromatic heterocycles. The molecule has 0 fully saturated rings. The monoisotopic (exact) mass is 289 g/mol. The van der Waals surface area contributed by atoms with Crippen LogP contribution in [0.1, 0.15) is 25.5 Å². The Morgan fingerprint density at radius 1 is 1.25 bits per heavy atom. The highest BCUT2D eigenvalue weighted by molar-refractivity contribution is 7.98. The van der Waals surface area contributed by atoms with Gasteiger partial charge >= 0.3 is 0 Å². The van der Waals surface area contributed by atoms with E-state index >= 15 is 0 Å². The minimum absolute atomic E-state index is 0.385. The first-order chi connectivity index (χ1) is 9.70. The zero-order chi connectivity index (χ0) is 14.4. The molecule has 20 heavy (non-hydrogen) atoms. The number of benzene rings is 1. The Morgan fingerprint density at radius 2 is 2.00 bits per heavy atom. The Kier molecular flexibility index (Phi) is 5.68. The summed E-state index contributed by atoms with van der Waals surface area (Å²) in [5, 5.41) is 3.61. The molecule has 4 heteroatoms. The Balaban J connectivity index is 1.92. The normalized spacial score (nSPS) is 14.2. The summed E-state index contributed by atoms with van der Waals surface area (Å²) in [6.45, 7) is 5.57. The standard InChI is InChI=1S/C16H23N3S/c1-13(11-20-3)10-18-14(2)15-4-6-16(7-5-15)19-9-8-17-12-19/h4-9,12-14,18H,10-11H2,1-3H3. The first-order valence-electron chi connectivity index (χ1n) is 7.01. The number of nitrogens with one attached hydrogen (secondary N) is 1. The fourth-order valence-corrected chi connectivity index (χ4v) is 2.87. The first-order valence-corrected chi connectivity index (χ1v) is 8.40. The van der Waals surface area contributed by atoms with Crippen LogP contribution in [0.15, 0.2) is 43.0 Å². The minimum Gasteiger partial charge on any atom is -0.310 e. The topological polar surface area (TPSA) is 29.9 Å². The maximum absolute atomic E-state index is 4.07. The lowest BCUT2D eigenvalue weighted by atomic mass is 10.1. The second-order valence-electron chi connectivity index (χ2n) is 5.25. The summed E-state index contributed by atoms with van der Waals surface area (Å²) in [7, 11) is 0. The largest absolute Gasteiger partial charge is 0.310 e. The van der Waals surface area contributed by atoms with Crippen molar-refractivity contribution in [3.63, 3.8) is 0 Å². The van der Waals surface area contributed by atoms with E-state index in [1.54, 1.807) is 6.20 Å². The van der Waals surface area contributed by atoms with Gasteiger partial charge in [0.15, 0.2) is 0 Å². The molecule has 1 N–H and O–H groups in total. The van der Waals surface area contributed by atoms with E-state index in [0.717, 1.165) is 12.2 Å². The average Bonchev–Trinajstić information content (AvgIpc) is 2.99. The van der Waals surface area contributed by atoms with Crippen LogP contribution in [-0.2, 0) is 0 Å². The summed E-state index contributed by atoms with van der Waals surface area (Å²) in [6.07, 6.45) is 7.74. The van der Waals surface area contributed by atoms with Crippen LogP contribution in [0.25, 0.3) is 5.69 Å². The van der Waals surface area contributed by atoms with Gasteiger partial charge in [-0.3, -0.25) is 0 Å². The van der Waals surface area contributed by atoms with E-state index in [0.29, 0.717) is 12.0 Å². The van der Waals surface area contributed by atoms with Gasteiger partial charge in [-0.1, -0.05) is 19.1 Å². The van der Waals surface area contributed by atoms with E-state index in [4.69, 9.17) is 0 Å². The van der Waals surface area contributed by atoms with E-state index in [9.17, 15) is 0 Å². The zero-order valence-corrected chi connectivity index (χ0v) is 13.2. The van der Waals surface area contributed by atoms with E-state index < -0.39 is 0 Å². The molecular weight excluding hydrogens is 266 g/mol. The zero-order valence-electron chi connectivity index (χ0n) is 12.4. The third-order valence-corrected chi connectivity index (χ3v) is 4.32. The van der Waals surface area contributed by atoms with Crippen LogP contribution < -0.4 is 5.32 Å². The van der Waals surface area contributed by atoms with Crippen molar-refractivity contribution in [3.8, 4) is 5.69 Å². The first kappa shape index (κ1) is 15.1. The molecule has 2 rings (SSSR count). The van der Waals surface area contributed by atoms with Crippen molar-refractivity contribution in [3.05, 3.63) is 48.5 Å². The minimum atomic E-state index is 0.385.